The summed E-state index contributed by atoms with van der Waals surface area (Å²) in [6.07, 6.45) is 3.70. The number of nitriles is 1. The zero-order valence-electron chi connectivity index (χ0n) is 10.1. The lowest BCUT2D eigenvalue weighted by Crippen LogP contribution is -1.86. The van der Waals surface area contributed by atoms with Gasteiger partial charge in [0.2, 0.25) is 0 Å². The number of rotatable bonds is 1. The minimum absolute atomic E-state index is 0.615. The Labute approximate surface area is 118 Å². The lowest BCUT2D eigenvalue weighted by atomic mass is 10.0. The molecule has 3 aromatic rings. The maximum Gasteiger partial charge on any atom is 0.181 e. The Morgan fingerprint density at radius 3 is 2.89 bits per heavy atom. The first-order valence-corrected chi connectivity index (χ1v) is 6.46. The summed E-state index contributed by atoms with van der Waals surface area (Å²) in [6, 6.07) is 9.88. The third kappa shape index (κ3) is 2.11. The average Bonchev–Trinajstić information content (AvgIpc) is 2.78. The van der Waals surface area contributed by atoms with Gasteiger partial charge in [0.1, 0.15) is 6.07 Å². The van der Waals surface area contributed by atoms with Crippen LogP contribution < -0.4 is 0 Å². The van der Waals surface area contributed by atoms with E-state index in [9.17, 15) is 0 Å². The molecule has 92 valence electrons. The molecule has 5 heteroatoms. The van der Waals surface area contributed by atoms with Gasteiger partial charge in [0.25, 0.3) is 0 Å². The molecule has 0 saturated heterocycles. The second-order valence-electron chi connectivity index (χ2n) is 4.25. The van der Waals surface area contributed by atoms with Crippen LogP contribution in [0.5, 0.6) is 0 Å². The van der Waals surface area contributed by atoms with Crippen LogP contribution in [0.2, 0.25) is 0 Å². The van der Waals surface area contributed by atoms with Gasteiger partial charge in [-0.15, -0.1) is 0 Å². The molecule has 0 bridgehead atoms. The van der Waals surface area contributed by atoms with Crippen molar-refractivity contribution in [2.45, 2.75) is 0 Å². The topological polar surface area (TPSA) is 54.5 Å². The number of nitrogens with zero attached hydrogens (tertiary/aromatic N) is 4. The maximum atomic E-state index is 9.06. The summed E-state index contributed by atoms with van der Waals surface area (Å²) in [4.78, 5) is 4.33. The van der Waals surface area contributed by atoms with E-state index in [1.54, 1.807) is 10.9 Å². The number of aryl methyl sites for hydroxylation is 1. The quantitative estimate of drug-likeness (QED) is 0.693. The summed E-state index contributed by atoms with van der Waals surface area (Å²) < 4.78 is 2.54. The molecule has 2 heterocycles. The molecule has 0 atom stereocenters. The molecule has 0 aliphatic carbocycles. The Morgan fingerprint density at radius 2 is 2.11 bits per heavy atom. The van der Waals surface area contributed by atoms with Crippen LogP contribution in [0.15, 0.2) is 41.1 Å². The van der Waals surface area contributed by atoms with Crippen molar-refractivity contribution >= 4 is 27.0 Å². The third-order valence-electron chi connectivity index (χ3n) is 2.89. The summed E-state index contributed by atoms with van der Waals surface area (Å²) in [5.74, 6) is 0. The van der Waals surface area contributed by atoms with Gasteiger partial charge in [-0.1, -0.05) is 6.07 Å². The van der Waals surface area contributed by atoms with E-state index in [0.29, 0.717) is 5.56 Å². The molecular weight excluding hydrogens is 304 g/mol. The lowest BCUT2D eigenvalue weighted by molar-refractivity contribution is 0.776. The molecule has 0 radical (unpaired) electrons. The van der Waals surface area contributed by atoms with E-state index < -0.39 is 0 Å². The largest absolute Gasteiger partial charge is 0.273 e. The number of halogens is 1. The van der Waals surface area contributed by atoms with Crippen LogP contribution in [0, 0.1) is 11.3 Å². The molecule has 4 nitrogen and oxygen atoms in total. The van der Waals surface area contributed by atoms with Crippen LogP contribution in [0.1, 0.15) is 5.56 Å². The summed E-state index contributed by atoms with van der Waals surface area (Å²) in [5, 5.41) is 14.3. The minimum Gasteiger partial charge on any atom is -0.273 e. The van der Waals surface area contributed by atoms with E-state index in [4.69, 9.17) is 5.26 Å². The maximum absolute atomic E-state index is 9.06. The van der Waals surface area contributed by atoms with Gasteiger partial charge >= 0.3 is 0 Å². The Kier molecular flexibility index (Phi) is 2.80. The van der Waals surface area contributed by atoms with Crippen molar-refractivity contribution in [3.63, 3.8) is 0 Å². The summed E-state index contributed by atoms with van der Waals surface area (Å²) in [6.45, 7) is 0. The highest BCUT2D eigenvalue weighted by molar-refractivity contribution is 9.10. The Bertz CT molecular complexity index is 814. The van der Waals surface area contributed by atoms with Crippen LogP contribution >= 0.6 is 15.9 Å². The van der Waals surface area contributed by atoms with E-state index in [-0.39, 0.29) is 0 Å². The molecule has 3 rings (SSSR count). The monoisotopic (exact) mass is 312 g/mol. The average molecular weight is 313 g/mol. The second kappa shape index (κ2) is 4.48. The molecule has 0 fully saturated rings. The predicted octanol–water partition coefficient (Wildman–Crippen LogP) is 3.27. The Balaban J connectivity index is 2.16. The molecular formula is C14H9BrN4. The highest BCUT2D eigenvalue weighted by Gasteiger charge is 2.06. The third-order valence-corrected chi connectivity index (χ3v) is 3.59. The van der Waals surface area contributed by atoms with Crippen molar-refractivity contribution in [3.05, 3.63) is 46.7 Å². The summed E-state index contributed by atoms with van der Waals surface area (Å²) >= 11 is 3.35. The van der Waals surface area contributed by atoms with E-state index in [2.05, 4.69) is 32.1 Å². The van der Waals surface area contributed by atoms with Crippen molar-refractivity contribution in [2.24, 2.45) is 7.05 Å². The predicted molar refractivity (Wildman–Crippen MR) is 76.4 cm³/mol. The molecule has 0 saturated carbocycles. The number of aromatic nitrogens is 3. The molecule has 0 unspecified atom stereocenters. The Hall–Kier alpha value is -2.19. The van der Waals surface area contributed by atoms with Crippen LogP contribution in [-0.4, -0.2) is 14.8 Å². The second-order valence-corrected chi connectivity index (χ2v) is 5.10. The molecule has 2 aromatic heterocycles. The fraction of sp³-hybridized carbons (Fsp3) is 0.0714. The van der Waals surface area contributed by atoms with Crippen molar-refractivity contribution < 1.29 is 0 Å². The summed E-state index contributed by atoms with van der Waals surface area (Å²) in [5.41, 5.74) is 3.29. The lowest BCUT2D eigenvalue weighted by Gasteiger charge is -2.03. The first-order chi connectivity index (χ1) is 9.17. The van der Waals surface area contributed by atoms with Crippen molar-refractivity contribution in [2.75, 3.05) is 0 Å². The molecule has 0 spiro atoms. The van der Waals surface area contributed by atoms with E-state index in [1.807, 2.05) is 37.5 Å². The van der Waals surface area contributed by atoms with Crippen molar-refractivity contribution in [1.82, 2.24) is 14.8 Å². The molecule has 0 N–H and O–H groups in total. The number of benzene rings is 1. The van der Waals surface area contributed by atoms with Gasteiger partial charge in [0, 0.05) is 34.9 Å². The van der Waals surface area contributed by atoms with Gasteiger partial charge in [-0.2, -0.15) is 10.4 Å². The number of hydrogen-bond donors (Lipinski definition) is 0. The fourth-order valence-electron chi connectivity index (χ4n) is 1.98. The fourth-order valence-corrected chi connectivity index (χ4v) is 2.32. The zero-order valence-corrected chi connectivity index (χ0v) is 11.7. The number of fused-ring (bicyclic) bond motifs is 1. The number of hydrogen-bond acceptors (Lipinski definition) is 3. The van der Waals surface area contributed by atoms with Gasteiger partial charge in [-0.3, -0.25) is 4.68 Å². The molecule has 1 aromatic carbocycles. The van der Waals surface area contributed by atoms with Crippen LogP contribution in [0.25, 0.3) is 22.2 Å². The van der Waals surface area contributed by atoms with E-state index >= 15 is 0 Å². The van der Waals surface area contributed by atoms with E-state index in [1.165, 1.54) is 0 Å². The standard InChI is InChI=1S/C14H9BrN4/c1-19-8-12-5-11(7-17-14(12)18-19)9-2-3-13(15)10(4-9)6-16/h2-5,7-8H,1H3. The minimum atomic E-state index is 0.615. The smallest absolute Gasteiger partial charge is 0.181 e. The normalized spacial score (nSPS) is 10.6. The van der Waals surface area contributed by atoms with Gasteiger partial charge in [0.15, 0.2) is 5.65 Å². The van der Waals surface area contributed by atoms with Crippen LogP contribution in [-0.2, 0) is 7.05 Å². The first-order valence-electron chi connectivity index (χ1n) is 5.67. The van der Waals surface area contributed by atoms with Crippen molar-refractivity contribution in [3.8, 4) is 17.2 Å². The van der Waals surface area contributed by atoms with Crippen LogP contribution in [0.3, 0.4) is 0 Å². The molecule has 0 aliphatic rings. The first kappa shape index (κ1) is 11.9. The van der Waals surface area contributed by atoms with Gasteiger partial charge in [0.05, 0.1) is 5.56 Å². The van der Waals surface area contributed by atoms with Gasteiger partial charge in [-0.25, -0.2) is 4.98 Å². The highest BCUT2D eigenvalue weighted by Crippen LogP contribution is 2.26. The zero-order chi connectivity index (χ0) is 13.4. The Morgan fingerprint density at radius 1 is 1.26 bits per heavy atom. The SMILES string of the molecule is Cn1cc2cc(-c3ccc(Br)c(C#N)c3)cnc2n1. The van der Waals surface area contributed by atoms with Gasteiger partial charge < -0.3 is 0 Å². The molecule has 0 aliphatic heterocycles. The summed E-state index contributed by atoms with van der Waals surface area (Å²) in [7, 11) is 1.87. The molecule has 19 heavy (non-hydrogen) atoms. The van der Waals surface area contributed by atoms with Crippen LogP contribution in [0.4, 0.5) is 0 Å². The highest BCUT2D eigenvalue weighted by atomic mass is 79.9. The van der Waals surface area contributed by atoms with Crippen molar-refractivity contribution in [1.29, 1.82) is 5.26 Å². The molecule has 0 amide bonds. The van der Waals surface area contributed by atoms with E-state index in [0.717, 1.165) is 26.6 Å². The number of pyridine rings is 1. The van der Waals surface area contributed by atoms with Gasteiger partial charge in [-0.05, 0) is 39.7 Å².